The summed E-state index contributed by atoms with van der Waals surface area (Å²) in [6.07, 6.45) is 1.20. The molecule has 0 amide bonds. The Labute approximate surface area is 97.4 Å². The number of rotatable bonds is 1. The molecule has 1 fully saturated rings. The van der Waals surface area contributed by atoms with Crippen LogP contribution in [0.15, 0.2) is 22.7 Å². The molecule has 0 radical (unpaired) electrons. The van der Waals surface area contributed by atoms with Gasteiger partial charge >= 0.3 is 0 Å². The van der Waals surface area contributed by atoms with E-state index in [4.69, 9.17) is 11.6 Å². The predicted molar refractivity (Wildman–Crippen MR) is 61.8 cm³/mol. The molecule has 1 heterocycles. The number of halogens is 3. The smallest absolute Gasteiger partial charge is 0.0465 e. The average Bonchev–Trinajstić information content (AvgIpc) is 1.91. The fraction of sp³-hybridized carbons (Fsp3) is 0.333. The first-order chi connectivity index (χ1) is 5.77. The molecule has 72 valence electrons. The quantitative estimate of drug-likeness (QED) is 0.831. The van der Waals surface area contributed by atoms with Crippen molar-refractivity contribution in [2.75, 3.05) is 6.54 Å². The predicted octanol–water partition coefficient (Wildman–Crippen LogP) is 3.56. The van der Waals surface area contributed by atoms with Crippen LogP contribution in [0.3, 0.4) is 0 Å². The largest absolute Gasteiger partial charge is 0.310 e. The van der Waals surface area contributed by atoms with Crippen molar-refractivity contribution in [3.05, 3.63) is 33.3 Å². The van der Waals surface area contributed by atoms with Crippen LogP contribution in [0.1, 0.15) is 18.0 Å². The Morgan fingerprint density at radius 1 is 1.46 bits per heavy atom. The summed E-state index contributed by atoms with van der Waals surface area (Å²) in [5.41, 5.74) is 1.21. The summed E-state index contributed by atoms with van der Waals surface area (Å²) in [6, 6.07) is 6.52. The van der Waals surface area contributed by atoms with Gasteiger partial charge in [0.25, 0.3) is 0 Å². The Morgan fingerprint density at radius 2 is 2.15 bits per heavy atom. The van der Waals surface area contributed by atoms with Crippen molar-refractivity contribution in [2.45, 2.75) is 12.5 Å². The van der Waals surface area contributed by atoms with Crippen molar-refractivity contribution < 1.29 is 0 Å². The van der Waals surface area contributed by atoms with Gasteiger partial charge in [0.2, 0.25) is 0 Å². The van der Waals surface area contributed by atoms with Gasteiger partial charge in [-0.3, -0.25) is 0 Å². The second-order valence-corrected chi connectivity index (χ2v) is 4.28. The van der Waals surface area contributed by atoms with Crippen molar-refractivity contribution in [3.63, 3.8) is 0 Å². The summed E-state index contributed by atoms with van der Waals surface area (Å²) < 4.78 is 1.04. The molecule has 1 atom stereocenters. The fourth-order valence-corrected chi connectivity index (χ4v) is 2.14. The van der Waals surface area contributed by atoms with Crippen LogP contribution < -0.4 is 5.32 Å². The van der Waals surface area contributed by atoms with E-state index in [1.54, 1.807) is 0 Å². The van der Waals surface area contributed by atoms with E-state index in [0.717, 1.165) is 16.0 Å². The van der Waals surface area contributed by atoms with Gasteiger partial charge in [-0.2, -0.15) is 0 Å². The molecule has 1 aromatic carbocycles. The lowest BCUT2D eigenvalue weighted by molar-refractivity contribution is 0.383. The molecule has 0 saturated carbocycles. The molecule has 0 spiro atoms. The van der Waals surface area contributed by atoms with Crippen LogP contribution in [-0.2, 0) is 0 Å². The van der Waals surface area contributed by atoms with E-state index in [9.17, 15) is 0 Å². The topological polar surface area (TPSA) is 12.0 Å². The van der Waals surface area contributed by atoms with Gasteiger partial charge in [0.1, 0.15) is 0 Å². The summed E-state index contributed by atoms with van der Waals surface area (Å²) in [4.78, 5) is 0. The van der Waals surface area contributed by atoms with Gasteiger partial charge in [0.15, 0.2) is 0 Å². The van der Waals surface area contributed by atoms with Crippen LogP contribution in [0.4, 0.5) is 0 Å². The third-order valence-corrected chi connectivity index (χ3v) is 2.98. The third-order valence-electron chi connectivity index (χ3n) is 2.16. The minimum absolute atomic E-state index is 0. The minimum atomic E-state index is 0. The Hall–Kier alpha value is 0.240. The molecule has 1 N–H and O–H groups in total. The average molecular weight is 283 g/mol. The minimum Gasteiger partial charge on any atom is -0.310 e. The summed E-state index contributed by atoms with van der Waals surface area (Å²) in [5, 5.41) is 4.17. The zero-order chi connectivity index (χ0) is 8.55. The zero-order valence-corrected chi connectivity index (χ0v) is 10.0. The van der Waals surface area contributed by atoms with Gasteiger partial charge in [-0.1, -0.05) is 33.6 Å². The van der Waals surface area contributed by atoms with Gasteiger partial charge in [-0.15, -0.1) is 12.4 Å². The van der Waals surface area contributed by atoms with E-state index in [-0.39, 0.29) is 12.4 Å². The standard InChI is InChI=1S/C9H9BrClN.ClH/c10-6-1-2-7(8(11)5-6)9-3-4-12-9;/h1-2,5,9,12H,3-4H2;1H/t9-;/m0./s1. The highest BCUT2D eigenvalue weighted by atomic mass is 79.9. The maximum absolute atomic E-state index is 6.07. The lowest BCUT2D eigenvalue weighted by Gasteiger charge is -2.28. The maximum atomic E-state index is 6.07. The molecule has 4 heteroatoms. The van der Waals surface area contributed by atoms with Crippen molar-refractivity contribution in [3.8, 4) is 0 Å². The molecule has 2 rings (SSSR count). The molecule has 1 nitrogen and oxygen atoms in total. The van der Waals surface area contributed by atoms with Crippen LogP contribution in [0.25, 0.3) is 0 Å². The molecule has 0 aliphatic carbocycles. The van der Waals surface area contributed by atoms with Crippen molar-refractivity contribution in [2.24, 2.45) is 0 Å². The molecular weight excluding hydrogens is 273 g/mol. The first kappa shape index (κ1) is 11.3. The van der Waals surface area contributed by atoms with Crippen LogP contribution >= 0.6 is 39.9 Å². The lowest BCUT2D eigenvalue weighted by Crippen LogP contribution is -2.35. The monoisotopic (exact) mass is 281 g/mol. The van der Waals surface area contributed by atoms with Gasteiger partial charge in [0.05, 0.1) is 0 Å². The van der Waals surface area contributed by atoms with E-state index >= 15 is 0 Å². The van der Waals surface area contributed by atoms with Gasteiger partial charge in [-0.25, -0.2) is 0 Å². The van der Waals surface area contributed by atoms with Crippen molar-refractivity contribution >= 4 is 39.9 Å². The highest BCUT2D eigenvalue weighted by molar-refractivity contribution is 9.10. The molecule has 0 unspecified atom stereocenters. The fourth-order valence-electron chi connectivity index (χ4n) is 1.34. The second kappa shape index (κ2) is 4.65. The van der Waals surface area contributed by atoms with E-state index in [1.807, 2.05) is 12.1 Å². The molecule has 0 bridgehead atoms. The van der Waals surface area contributed by atoms with E-state index in [2.05, 4.69) is 27.3 Å². The summed E-state index contributed by atoms with van der Waals surface area (Å²) in [7, 11) is 0. The highest BCUT2D eigenvalue weighted by Gasteiger charge is 2.20. The number of hydrogen-bond donors (Lipinski definition) is 1. The van der Waals surface area contributed by atoms with Crippen molar-refractivity contribution in [1.82, 2.24) is 5.32 Å². The van der Waals surface area contributed by atoms with Crippen LogP contribution in [0.5, 0.6) is 0 Å². The Kier molecular flexibility index (Phi) is 4.05. The van der Waals surface area contributed by atoms with Gasteiger partial charge in [-0.05, 0) is 30.7 Å². The number of hydrogen-bond acceptors (Lipinski definition) is 1. The van der Waals surface area contributed by atoms with E-state index < -0.39 is 0 Å². The molecule has 13 heavy (non-hydrogen) atoms. The highest BCUT2D eigenvalue weighted by Crippen LogP contribution is 2.30. The van der Waals surface area contributed by atoms with Crippen molar-refractivity contribution in [1.29, 1.82) is 0 Å². The molecule has 1 aromatic rings. The molecule has 1 saturated heterocycles. The van der Waals surface area contributed by atoms with Gasteiger partial charge in [0, 0.05) is 15.5 Å². The molecule has 1 aliphatic rings. The Balaban J connectivity index is 0.000000845. The Bertz CT molecular complexity index is 300. The first-order valence-electron chi connectivity index (χ1n) is 3.96. The summed E-state index contributed by atoms with van der Waals surface area (Å²) >= 11 is 9.45. The lowest BCUT2D eigenvalue weighted by atomic mass is 9.98. The molecule has 1 aliphatic heterocycles. The van der Waals surface area contributed by atoms with Crippen LogP contribution in [-0.4, -0.2) is 6.54 Å². The van der Waals surface area contributed by atoms with E-state index in [0.29, 0.717) is 6.04 Å². The van der Waals surface area contributed by atoms with Crippen LogP contribution in [0.2, 0.25) is 5.02 Å². The van der Waals surface area contributed by atoms with E-state index in [1.165, 1.54) is 12.0 Å². The summed E-state index contributed by atoms with van der Waals surface area (Å²) in [5.74, 6) is 0. The normalized spacial score (nSPS) is 20.3. The zero-order valence-electron chi connectivity index (χ0n) is 6.89. The molecular formula is C9H10BrCl2N. The summed E-state index contributed by atoms with van der Waals surface area (Å²) in [6.45, 7) is 1.11. The maximum Gasteiger partial charge on any atom is 0.0465 e. The second-order valence-electron chi connectivity index (χ2n) is 2.96. The number of nitrogens with one attached hydrogen (secondary N) is 1. The first-order valence-corrected chi connectivity index (χ1v) is 5.13. The number of benzene rings is 1. The Morgan fingerprint density at radius 3 is 2.62 bits per heavy atom. The molecule has 0 aromatic heterocycles. The third kappa shape index (κ3) is 2.38. The van der Waals surface area contributed by atoms with Crippen LogP contribution in [0, 0.1) is 0 Å². The van der Waals surface area contributed by atoms with Gasteiger partial charge < -0.3 is 5.32 Å². The SMILES string of the molecule is Cl.Clc1cc(Br)ccc1[C@@H]1CCN1.